The number of rotatable bonds is 2. The van der Waals surface area contributed by atoms with Gasteiger partial charge in [-0.05, 0) is 18.6 Å². The molecule has 0 N–H and O–H groups in total. The Labute approximate surface area is 77.8 Å². The highest BCUT2D eigenvalue weighted by Crippen LogP contribution is 2.06. The number of aryl methyl sites for hydroxylation is 1. The minimum atomic E-state index is 0.00972. The van der Waals surface area contributed by atoms with E-state index in [9.17, 15) is 4.79 Å². The Morgan fingerprint density at radius 3 is 2.77 bits per heavy atom. The molecular formula is C11H13NO. The van der Waals surface area contributed by atoms with Gasteiger partial charge in [0.2, 0.25) is 0 Å². The second-order valence-corrected chi connectivity index (χ2v) is 2.80. The van der Waals surface area contributed by atoms with Crippen molar-refractivity contribution in [1.29, 1.82) is 0 Å². The molecule has 0 saturated heterocycles. The molecule has 1 aromatic heterocycles. The van der Waals surface area contributed by atoms with E-state index >= 15 is 0 Å². The number of pyridine rings is 1. The van der Waals surface area contributed by atoms with Gasteiger partial charge in [0.1, 0.15) is 0 Å². The van der Waals surface area contributed by atoms with Crippen LogP contribution >= 0.6 is 0 Å². The van der Waals surface area contributed by atoms with E-state index in [1.54, 1.807) is 30.0 Å². The SMILES string of the molecule is C=Cc1ccn(C)c(=O)c1/C=C\C. The topological polar surface area (TPSA) is 22.0 Å². The van der Waals surface area contributed by atoms with Crippen LogP contribution in [-0.2, 0) is 7.05 Å². The Bertz CT molecular complexity index is 399. The number of hydrogen-bond acceptors (Lipinski definition) is 1. The highest BCUT2D eigenvalue weighted by Gasteiger charge is 2.01. The smallest absolute Gasteiger partial charge is 0.258 e. The lowest BCUT2D eigenvalue weighted by Gasteiger charge is -2.02. The van der Waals surface area contributed by atoms with Gasteiger partial charge in [0, 0.05) is 18.8 Å². The normalized spacial score (nSPS) is 10.6. The van der Waals surface area contributed by atoms with Crippen molar-refractivity contribution < 1.29 is 0 Å². The van der Waals surface area contributed by atoms with E-state index in [2.05, 4.69) is 6.58 Å². The van der Waals surface area contributed by atoms with E-state index in [1.807, 2.05) is 19.1 Å². The molecule has 1 rings (SSSR count). The lowest BCUT2D eigenvalue weighted by atomic mass is 10.1. The van der Waals surface area contributed by atoms with Crippen molar-refractivity contribution in [2.75, 3.05) is 0 Å². The Morgan fingerprint density at radius 1 is 1.54 bits per heavy atom. The molecule has 0 amide bonds. The van der Waals surface area contributed by atoms with Crippen LogP contribution in [0.2, 0.25) is 0 Å². The second-order valence-electron chi connectivity index (χ2n) is 2.80. The van der Waals surface area contributed by atoms with E-state index in [-0.39, 0.29) is 5.56 Å². The summed E-state index contributed by atoms with van der Waals surface area (Å²) in [5, 5.41) is 0. The van der Waals surface area contributed by atoms with Gasteiger partial charge in [0.15, 0.2) is 0 Å². The Hall–Kier alpha value is -1.57. The Morgan fingerprint density at radius 2 is 2.23 bits per heavy atom. The average molecular weight is 175 g/mol. The quantitative estimate of drug-likeness (QED) is 0.674. The third-order valence-electron chi connectivity index (χ3n) is 1.89. The zero-order chi connectivity index (χ0) is 9.84. The minimum absolute atomic E-state index is 0.00972. The zero-order valence-corrected chi connectivity index (χ0v) is 7.95. The summed E-state index contributed by atoms with van der Waals surface area (Å²) in [4.78, 5) is 11.6. The third-order valence-corrected chi connectivity index (χ3v) is 1.89. The summed E-state index contributed by atoms with van der Waals surface area (Å²) in [5.74, 6) is 0. The van der Waals surface area contributed by atoms with Gasteiger partial charge in [-0.3, -0.25) is 4.79 Å². The standard InChI is InChI=1S/C11H13NO/c1-4-6-10-9(5-2)7-8-12(3)11(10)13/h4-8H,2H2,1,3H3/b6-4-. The van der Waals surface area contributed by atoms with Crippen LogP contribution in [0.25, 0.3) is 12.2 Å². The fourth-order valence-corrected chi connectivity index (χ4v) is 1.18. The first-order valence-electron chi connectivity index (χ1n) is 4.15. The molecule has 2 heteroatoms. The monoisotopic (exact) mass is 175 g/mol. The summed E-state index contributed by atoms with van der Waals surface area (Å²) < 4.78 is 1.56. The zero-order valence-electron chi connectivity index (χ0n) is 7.95. The number of allylic oxidation sites excluding steroid dienone is 1. The first kappa shape index (κ1) is 9.52. The molecule has 0 aliphatic carbocycles. The maximum atomic E-state index is 11.6. The minimum Gasteiger partial charge on any atom is -0.318 e. The van der Waals surface area contributed by atoms with Gasteiger partial charge in [-0.25, -0.2) is 0 Å². The van der Waals surface area contributed by atoms with Crippen LogP contribution in [0.15, 0.2) is 29.7 Å². The largest absolute Gasteiger partial charge is 0.318 e. The van der Waals surface area contributed by atoms with Crippen molar-refractivity contribution in [2.24, 2.45) is 7.05 Å². The number of nitrogens with zero attached hydrogens (tertiary/aromatic N) is 1. The van der Waals surface area contributed by atoms with Crippen molar-refractivity contribution in [3.8, 4) is 0 Å². The molecule has 1 heterocycles. The van der Waals surface area contributed by atoms with E-state index in [1.165, 1.54) is 0 Å². The summed E-state index contributed by atoms with van der Waals surface area (Å²) in [6.07, 6.45) is 7.09. The fourth-order valence-electron chi connectivity index (χ4n) is 1.18. The summed E-state index contributed by atoms with van der Waals surface area (Å²) in [6, 6.07) is 1.88. The van der Waals surface area contributed by atoms with Gasteiger partial charge in [-0.1, -0.05) is 24.8 Å². The van der Waals surface area contributed by atoms with E-state index < -0.39 is 0 Å². The molecule has 0 aliphatic rings. The second kappa shape index (κ2) is 3.90. The van der Waals surface area contributed by atoms with Gasteiger partial charge in [0.25, 0.3) is 5.56 Å². The van der Waals surface area contributed by atoms with Gasteiger partial charge in [-0.2, -0.15) is 0 Å². The van der Waals surface area contributed by atoms with Crippen molar-refractivity contribution in [2.45, 2.75) is 6.92 Å². The summed E-state index contributed by atoms with van der Waals surface area (Å²) in [6.45, 7) is 5.55. The molecule has 13 heavy (non-hydrogen) atoms. The maximum Gasteiger partial charge on any atom is 0.258 e. The molecule has 0 aromatic carbocycles. The van der Waals surface area contributed by atoms with Crippen molar-refractivity contribution in [3.63, 3.8) is 0 Å². The van der Waals surface area contributed by atoms with Crippen LogP contribution in [0.4, 0.5) is 0 Å². The number of aromatic nitrogens is 1. The van der Waals surface area contributed by atoms with Crippen LogP contribution in [0.3, 0.4) is 0 Å². The molecule has 2 nitrogen and oxygen atoms in total. The molecule has 68 valence electrons. The predicted octanol–water partition coefficient (Wildman–Crippen LogP) is 2.06. The lowest BCUT2D eigenvalue weighted by Crippen LogP contribution is -2.19. The van der Waals surface area contributed by atoms with Crippen molar-refractivity contribution in [1.82, 2.24) is 4.57 Å². The van der Waals surface area contributed by atoms with Crippen LogP contribution in [-0.4, -0.2) is 4.57 Å². The van der Waals surface area contributed by atoms with Gasteiger partial charge in [0.05, 0.1) is 0 Å². The van der Waals surface area contributed by atoms with E-state index in [0.717, 1.165) is 5.56 Å². The summed E-state index contributed by atoms with van der Waals surface area (Å²) >= 11 is 0. The fraction of sp³-hybridized carbons (Fsp3) is 0.182. The third kappa shape index (κ3) is 1.78. The van der Waals surface area contributed by atoms with E-state index in [4.69, 9.17) is 0 Å². The molecule has 0 fully saturated rings. The first-order valence-corrected chi connectivity index (χ1v) is 4.15. The van der Waals surface area contributed by atoms with Crippen molar-refractivity contribution in [3.05, 3.63) is 46.4 Å². The molecular weight excluding hydrogens is 162 g/mol. The first-order chi connectivity index (χ1) is 6.20. The van der Waals surface area contributed by atoms with Crippen LogP contribution < -0.4 is 5.56 Å². The van der Waals surface area contributed by atoms with Gasteiger partial charge in [-0.15, -0.1) is 0 Å². The molecule has 1 aromatic rings. The average Bonchev–Trinajstić information content (AvgIpc) is 2.14. The van der Waals surface area contributed by atoms with Crippen molar-refractivity contribution >= 4 is 12.2 Å². The van der Waals surface area contributed by atoms with Crippen LogP contribution in [0.1, 0.15) is 18.1 Å². The summed E-state index contributed by atoms with van der Waals surface area (Å²) in [7, 11) is 1.74. The van der Waals surface area contributed by atoms with E-state index in [0.29, 0.717) is 5.56 Å². The lowest BCUT2D eigenvalue weighted by molar-refractivity contribution is 0.856. The Balaban J connectivity index is 3.50. The molecule has 0 radical (unpaired) electrons. The summed E-state index contributed by atoms with van der Waals surface area (Å²) in [5.41, 5.74) is 1.58. The molecule has 0 spiro atoms. The molecule has 0 bridgehead atoms. The molecule has 0 aliphatic heterocycles. The molecule has 0 atom stereocenters. The Kier molecular flexibility index (Phi) is 2.85. The van der Waals surface area contributed by atoms with Crippen LogP contribution in [0.5, 0.6) is 0 Å². The van der Waals surface area contributed by atoms with Crippen LogP contribution in [0, 0.1) is 0 Å². The van der Waals surface area contributed by atoms with Gasteiger partial charge >= 0.3 is 0 Å². The maximum absolute atomic E-state index is 11.6. The van der Waals surface area contributed by atoms with Gasteiger partial charge < -0.3 is 4.57 Å². The number of hydrogen-bond donors (Lipinski definition) is 0. The predicted molar refractivity (Wildman–Crippen MR) is 56.5 cm³/mol. The highest BCUT2D eigenvalue weighted by molar-refractivity contribution is 5.63. The molecule has 0 saturated carbocycles. The highest BCUT2D eigenvalue weighted by atomic mass is 16.1. The molecule has 0 unspecified atom stereocenters.